The molecule has 0 aromatic heterocycles. The number of carbonyl (C=O) groups is 2. The molecule has 2 aromatic rings. The number of hydrogen-bond donors (Lipinski definition) is 0. The van der Waals surface area contributed by atoms with E-state index in [2.05, 4.69) is 11.8 Å². The average molecular weight is 419 g/mol. The number of carbonyl (C=O) groups excluding carboxylic acids is 2. The molecule has 0 radical (unpaired) electrons. The van der Waals surface area contributed by atoms with Crippen molar-refractivity contribution in [3.05, 3.63) is 64.9 Å². The molecule has 31 heavy (non-hydrogen) atoms. The normalized spacial score (nSPS) is 17.0. The lowest BCUT2D eigenvalue weighted by molar-refractivity contribution is -0.120. The van der Waals surface area contributed by atoms with Gasteiger partial charge in [0.1, 0.15) is 11.4 Å². The summed E-state index contributed by atoms with van der Waals surface area (Å²) in [6.45, 7) is 8.28. The van der Waals surface area contributed by atoms with Crippen LogP contribution in [0.4, 0.5) is 5.69 Å². The van der Waals surface area contributed by atoms with Gasteiger partial charge in [-0.1, -0.05) is 25.1 Å². The Morgan fingerprint density at radius 2 is 1.52 bits per heavy atom. The van der Waals surface area contributed by atoms with Crippen LogP contribution in [0.3, 0.4) is 0 Å². The van der Waals surface area contributed by atoms with Crippen LogP contribution in [0.5, 0.6) is 5.75 Å². The Bertz CT molecular complexity index is 997. The first-order valence-electron chi connectivity index (χ1n) is 11.2. The van der Waals surface area contributed by atoms with E-state index in [1.54, 1.807) is 0 Å². The highest BCUT2D eigenvalue weighted by Gasteiger charge is 2.42. The Morgan fingerprint density at radius 3 is 2.13 bits per heavy atom. The molecule has 2 aromatic carbocycles. The Morgan fingerprint density at radius 1 is 0.871 bits per heavy atom. The van der Waals surface area contributed by atoms with E-state index in [0.29, 0.717) is 23.6 Å². The molecule has 4 rings (SSSR count). The van der Waals surface area contributed by atoms with E-state index in [0.717, 1.165) is 61.2 Å². The minimum atomic E-state index is -0.252. The van der Waals surface area contributed by atoms with Gasteiger partial charge in [-0.05, 0) is 80.5 Å². The fourth-order valence-electron chi connectivity index (χ4n) is 4.44. The van der Waals surface area contributed by atoms with Gasteiger partial charge in [0.05, 0.1) is 17.9 Å². The highest BCUT2D eigenvalue weighted by Crippen LogP contribution is 2.36. The summed E-state index contributed by atoms with van der Waals surface area (Å²) in [5.41, 5.74) is 4.48. The van der Waals surface area contributed by atoms with Crippen molar-refractivity contribution in [3.63, 3.8) is 0 Å². The van der Waals surface area contributed by atoms with Crippen LogP contribution in [0.2, 0.25) is 0 Å². The van der Waals surface area contributed by atoms with Crippen LogP contribution in [0.1, 0.15) is 49.3 Å². The van der Waals surface area contributed by atoms with Crippen LogP contribution in [0, 0.1) is 13.8 Å². The van der Waals surface area contributed by atoms with Crippen LogP contribution < -0.4 is 9.64 Å². The van der Waals surface area contributed by atoms with E-state index < -0.39 is 0 Å². The molecule has 1 saturated heterocycles. The number of benzene rings is 2. The van der Waals surface area contributed by atoms with Crippen LogP contribution in [-0.4, -0.2) is 36.4 Å². The van der Waals surface area contributed by atoms with E-state index in [9.17, 15) is 9.59 Å². The number of hydrogen-bond acceptors (Lipinski definition) is 4. The minimum absolute atomic E-state index is 0.224. The summed E-state index contributed by atoms with van der Waals surface area (Å²) in [4.78, 5) is 30.7. The van der Waals surface area contributed by atoms with Gasteiger partial charge in [0.25, 0.3) is 11.8 Å². The molecule has 2 aliphatic rings. The third kappa shape index (κ3) is 4.22. The highest BCUT2D eigenvalue weighted by molar-refractivity contribution is 6.45. The number of rotatable bonds is 6. The summed E-state index contributed by atoms with van der Waals surface area (Å²) in [6, 6.07) is 13.4. The van der Waals surface area contributed by atoms with Crippen LogP contribution in [-0.2, 0) is 9.59 Å². The SMILES string of the molecule is CCCOc1ccc(C2=C(N3CCCCC3)C(=O)N(c3cc(C)cc(C)c3)C2=O)cc1. The van der Waals surface area contributed by atoms with Crippen molar-refractivity contribution in [2.24, 2.45) is 0 Å². The van der Waals surface area contributed by atoms with Crippen LogP contribution >= 0.6 is 0 Å². The van der Waals surface area contributed by atoms with Gasteiger partial charge in [0.15, 0.2) is 0 Å². The molecule has 1 fully saturated rings. The predicted octanol–water partition coefficient (Wildman–Crippen LogP) is 4.86. The molecule has 2 aliphatic heterocycles. The molecule has 0 N–H and O–H groups in total. The van der Waals surface area contributed by atoms with Gasteiger partial charge in [-0.3, -0.25) is 9.59 Å². The zero-order chi connectivity index (χ0) is 22.0. The van der Waals surface area contributed by atoms with Crippen molar-refractivity contribution in [2.75, 3.05) is 24.6 Å². The molecular formula is C26H30N2O3. The van der Waals surface area contributed by atoms with Gasteiger partial charge in [-0.2, -0.15) is 0 Å². The first kappa shape index (κ1) is 21.2. The summed E-state index contributed by atoms with van der Waals surface area (Å²) in [5.74, 6) is 0.296. The molecule has 2 amide bonds. The third-order valence-electron chi connectivity index (χ3n) is 5.81. The number of likely N-dealkylation sites (tertiary alicyclic amines) is 1. The van der Waals surface area contributed by atoms with Crippen molar-refractivity contribution < 1.29 is 14.3 Å². The van der Waals surface area contributed by atoms with Crippen LogP contribution in [0.15, 0.2) is 48.2 Å². The fourth-order valence-corrected chi connectivity index (χ4v) is 4.44. The monoisotopic (exact) mass is 418 g/mol. The number of aryl methyl sites for hydroxylation is 2. The van der Waals surface area contributed by atoms with Crippen molar-refractivity contribution in [1.82, 2.24) is 4.90 Å². The fraction of sp³-hybridized carbons (Fsp3) is 0.385. The smallest absolute Gasteiger partial charge is 0.282 e. The van der Waals surface area contributed by atoms with Crippen molar-refractivity contribution >= 4 is 23.1 Å². The number of amides is 2. The molecule has 0 saturated carbocycles. The number of nitrogens with zero attached hydrogens (tertiary/aromatic N) is 2. The Labute approximate surface area is 184 Å². The maximum Gasteiger partial charge on any atom is 0.282 e. The van der Waals surface area contributed by atoms with Crippen LogP contribution in [0.25, 0.3) is 5.57 Å². The highest BCUT2D eigenvalue weighted by atomic mass is 16.5. The molecular weight excluding hydrogens is 388 g/mol. The summed E-state index contributed by atoms with van der Waals surface area (Å²) in [5, 5.41) is 0. The summed E-state index contributed by atoms with van der Waals surface area (Å²) < 4.78 is 5.69. The second kappa shape index (κ2) is 8.96. The molecule has 0 spiro atoms. The van der Waals surface area contributed by atoms with Gasteiger partial charge in [-0.25, -0.2) is 4.90 Å². The molecule has 5 nitrogen and oxygen atoms in total. The van der Waals surface area contributed by atoms with E-state index in [1.165, 1.54) is 4.90 Å². The first-order chi connectivity index (χ1) is 15.0. The number of imide groups is 1. The van der Waals surface area contributed by atoms with Gasteiger partial charge in [0, 0.05) is 13.1 Å². The van der Waals surface area contributed by atoms with Gasteiger partial charge >= 0.3 is 0 Å². The van der Waals surface area contributed by atoms with Crippen molar-refractivity contribution in [1.29, 1.82) is 0 Å². The van der Waals surface area contributed by atoms with E-state index in [4.69, 9.17) is 4.74 Å². The quantitative estimate of drug-likeness (QED) is 0.629. The largest absolute Gasteiger partial charge is 0.494 e. The van der Waals surface area contributed by atoms with E-state index in [1.807, 2.05) is 56.3 Å². The van der Waals surface area contributed by atoms with Crippen molar-refractivity contribution in [3.8, 4) is 5.75 Å². The van der Waals surface area contributed by atoms with Gasteiger partial charge in [0.2, 0.25) is 0 Å². The molecule has 0 unspecified atom stereocenters. The van der Waals surface area contributed by atoms with E-state index in [-0.39, 0.29) is 11.8 Å². The number of piperidine rings is 1. The summed E-state index contributed by atoms with van der Waals surface area (Å²) in [6.07, 6.45) is 4.16. The van der Waals surface area contributed by atoms with E-state index >= 15 is 0 Å². The standard InChI is InChI=1S/C26H30N2O3/c1-4-14-31-22-10-8-20(9-11-22)23-24(27-12-6-5-7-13-27)26(30)28(25(23)29)21-16-18(2)15-19(3)17-21/h8-11,15-17H,4-7,12-14H2,1-3H3. The first-order valence-corrected chi connectivity index (χ1v) is 11.2. The average Bonchev–Trinajstić information content (AvgIpc) is 3.02. The number of anilines is 1. The summed E-state index contributed by atoms with van der Waals surface area (Å²) in [7, 11) is 0. The minimum Gasteiger partial charge on any atom is -0.494 e. The lowest BCUT2D eigenvalue weighted by Crippen LogP contribution is -2.37. The second-order valence-corrected chi connectivity index (χ2v) is 8.44. The molecule has 162 valence electrons. The lowest BCUT2D eigenvalue weighted by Gasteiger charge is -2.29. The second-order valence-electron chi connectivity index (χ2n) is 8.44. The Kier molecular flexibility index (Phi) is 6.12. The zero-order valence-corrected chi connectivity index (χ0v) is 18.6. The predicted molar refractivity (Wildman–Crippen MR) is 123 cm³/mol. The number of ether oxygens (including phenoxy) is 1. The summed E-state index contributed by atoms with van der Waals surface area (Å²) >= 11 is 0. The molecule has 2 heterocycles. The molecule has 5 heteroatoms. The maximum atomic E-state index is 13.6. The lowest BCUT2D eigenvalue weighted by atomic mass is 10.0. The Hall–Kier alpha value is -3.08. The van der Waals surface area contributed by atoms with Crippen molar-refractivity contribution in [2.45, 2.75) is 46.5 Å². The molecule has 0 aliphatic carbocycles. The van der Waals surface area contributed by atoms with Gasteiger partial charge < -0.3 is 9.64 Å². The third-order valence-corrected chi connectivity index (χ3v) is 5.81. The topological polar surface area (TPSA) is 49.9 Å². The maximum absolute atomic E-state index is 13.6. The van der Waals surface area contributed by atoms with Gasteiger partial charge in [-0.15, -0.1) is 0 Å². The molecule has 0 bridgehead atoms. The molecule has 0 atom stereocenters. The Balaban J connectivity index is 1.76. The zero-order valence-electron chi connectivity index (χ0n) is 18.6.